The predicted molar refractivity (Wildman–Crippen MR) is 73.9 cm³/mol. The Balaban J connectivity index is 2.98. The molecule has 0 fully saturated rings. The van der Waals surface area contributed by atoms with Gasteiger partial charge in [-0.2, -0.15) is 11.8 Å². The second kappa shape index (κ2) is 6.28. The van der Waals surface area contributed by atoms with Gasteiger partial charge in [0.25, 0.3) is 0 Å². The topological polar surface area (TPSA) is 72.2 Å². The number of thioether (sulfide) groups is 1. The Hall–Kier alpha value is -0.720. The molecule has 17 heavy (non-hydrogen) atoms. The van der Waals surface area contributed by atoms with Crippen LogP contribution >= 0.6 is 11.8 Å². The zero-order valence-corrected chi connectivity index (χ0v) is 11.6. The molecule has 3 N–H and O–H groups in total. The van der Waals surface area contributed by atoms with Crippen LogP contribution in [0.3, 0.4) is 0 Å². The molecule has 0 saturated carbocycles. The average Bonchev–Trinajstić information content (AvgIpc) is 2.27. The second-order valence-corrected chi connectivity index (χ2v) is 6.19. The number of primary sulfonamides is 1. The zero-order valence-electron chi connectivity index (χ0n) is 10.0. The van der Waals surface area contributed by atoms with Gasteiger partial charge >= 0.3 is 0 Å². The van der Waals surface area contributed by atoms with E-state index in [1.54, 1.807) is 30.0 Å². The van der Waals surface area contributed by atoms with E-state index < -0.39 is 10.0 Å². The smallest absolute Gasteiger partial charge is 0.240 e. The summed E-state index contributed by atoms with van der Waals surface area (Å²) in [6.07, 6.45) is 2.95. The molecule has 0 radical (unpaired) electrons. The highest BCUT2D eigenvalue weighted by Gasteiger charge is 2.15. The first-order chi connectivity index (χ1) is 7.99. The van der Waals surface area contributed by atoms with E-state index in [0.29, 0.717) is 5.69 Å². The van der Waals surface area contributed by atoms with E-state index in [1.807, 2.05) is 6.26 Å². The van der Waals surface area contributed by atoms with E-state index in [9.17, 15) is 8.42 Å². The fourth-order valence-corrected chi connectivity index (χ4v) is 2.94. The van der Waals surface area contributed by atoms with Crippen molar-refractivity contribution in [2.75, 3.05) is 17.3 Å². The van der Waals surface area contributed by atoms with Gasteiger partial charge in [0, 0.05) is 11.8 Å². The molecule has 0 amide bonds. The van der Waals surface area contributed by atoms with E-state index in [-0.39, 0.29) is 10.9 Å². The van der Waals surface area contributed by atoms with E-state index in [0.717, 1.165) is 12.2 Å². The molecular weight excluding hydrogens is 256 g/mol. The highest BCUT2D eigenvalue weighted by molar-refractivity contribution is 7.98. The summed E-state index contributed by atoms with van der Waals surface area (Å²) in [5, 5.41) is 8.40. The van der Waals surface area contributed by atoms with Crippen molar-refractivity contribution in [1.82, 2.24) is 0 Å². The molecule has 1 unspecified atom stereocenters. The molecule has 0 saturated heterocycles. The van der Waals surface area contributed by atoms with Gasteiger partial charge in [-0.05, 0) is 24.8 Å². The van der Waals surface area contributed by atoms with Crippen LogP contribution in [0.15, 0.2) is 29.2 Å². The SMILES string of the molecule is CCC(CSC)Nc1ccccc1S(N)(=O)=O. The number of anilines is 1. The lowest BCUT2D eigenvalue weighted by Crippen LogP contribution is -2.23. The number of hydrogen-bond donors (Lipinski definition) is 2. The van der Waals surface area contributed by atoms with E-state index in [4.69, 9.17) is 5.14 Å². The Morgan fingerprint density at radius 2 is 2.06 bits per heavy atom. The van der Waals surface area contributed by atoms with Crippen LogP contribution in [0, 0.1) is 0 Å². The van der Waals surface area contributed by atoms with Gasteiger partial charge in [-0.15, -0.1) is 0 Å². The largest absolute Gasteiger partial charge is 0.380 e. The lowest BCUT2D eigenvalue weighted by Gasteiger charge is -2.18. The number of benzene rings is 1. The Morgan fingerprint density at radius 1 is 1.41 bits per heavy atom. The molecule has 0 aliphatic carbocycles. The summed E-state index contributed by atoms with van der Waals surface area (Å²) in [4.78, 5) is 0.152. The van der Waals surface area contributed by atoms with Crippen LogP contribution in [-0.2, 0) is 10.0 Å². The fourth-order valence-electron chi connectivity index (χ4n) is 1.52. The molecule has 1 atom stereocenters. The first kappa shape index (κ1) is 14.3. The Bertz CT molecular complexity index is 460. The molecular formula is C11H18N2O2S2. The van der Waals surface area contributed by atoms with Crippen molar-refractivity contribution < 1.29 is 8.42 Å². The normalized spacial score (nSPS) is 13.4. The monoisotopic (exact) mass is 274 g/mol. The van der Waals surface area contributed by atoms with Crippen LogP contribution in [-0.4, -0.2) is 26.5 Å². The van der Waals surface area contributed by atoms with E-state index in [1.165, 1.54) is 6.07 Å². The van der Waals surface area contributed by atoms with Gasteiger partial charge in [-0.25, -0.2) is 13.6 Å². The number of para-hydroxylation sites is 1. The molecule has 1 aromatic carbocycles. The predicted octanol–water partition coefficient (Wildman–Crippen LogP) is 1.89. The zero-order chi connectivity index (χ0) is 12.9. The van der Waals surface area contributed by atoms with Crippen LogP contribution in [0.25, 0.3) is 0 Å². The van der Waals surface area contributed by atoms with Crippen molar-refractivity contribution in [2.24, 2.45) is 5.14 Å². The Morgan fingerprint density at radius 3 is 2.59 bits per heavy atom. The third-order valence-electron chi connectivity index (χ3n) is 2.41. The van der Waals surface area contributed by atoms with Crippen molar-refractivity contribution in [3.8, 4) is 0 Å². The standard InChI is InChI=1S/C11H18N2O2S2/c1-3-9(8-16-2)13-10-6-4-5-7-11(10)17(12,14)15/h4-7,9,13H,3,8H2,1-2H3,(H2,12,14,15). The first-order valence-corrected chi connectivity index (χ1v) is 8.30. The summed E-state index contributed by atoms with van der Waals surface area (Å²) >= 11 is 1.72. The van der Waals surface area contributed by atoms with Gasteiger partial charge in [-0.1, -0.05) is 19.1 Å². The summed E-state index contributed by atoms with van der Waals surface area (Å²) in [6.45, 7) is 2.06. The van der Waals surface area contributed by atoms with Gasteiger partial charge < -0.3 is 5.32 Å². The molecule has 0 bridgehead atoms. The maximum absolute atomic E-state index is 11.4. The van der Waals surface area contributed by atoms with Gasteiger partial charge in [0.2, 0.25) is 10.0 Å². The lowest BCUT2D eigenvalue weighted by atomic mass is 10.2. The third kappa shape index (κ3) is 4.22. The van der Waals surface area contributed by atoms with E-state index >= 15 is 0 Å². The Kier molecular flexibility index (Phi) is 5.30. The van der Waals surface area contributed by atoms with Crippen molar-refractivity contribution in [3.05, 3.63) is 24.3 Å². The Labute approximate surface area is 107 Å². The molecule has 0 aliphatic heterocycles. The van der Waals surface area contributed by atoms with E-state index in [2.05, 4.69) is 12.2 Å². The molecule has 1 aromatic rings. The molecule has 0 spiro atoms. The summed E-state index contributed by atoms with van der Waals surface area (Å²) < 4.78 is 22.8. The minimum atomic E-state index is -3.67. The maximum Gasteiger partial charge on any atom is 0.240 e. The molecule has 0 aliphatic rings. The lowest BCUT2D eigenvalue weighted by molar-refractivity contribution is 0.598. The molecule has 0 aromatic heterocycles. The molecule has 96 valence electrons. The van der Waals surface area contributed by atoms with Crippen LogP contribution in [0.4, 0.5) is 5.69 Å². The maximum atomic E-state index is 11.4. The van der Waals surface area contributed by atoms with Crippen LogP contribution < -0.4 is 10.5 Å². The van der Waals surface area contributed by atoms with Crippen molar-refractivity contribution in [3.63, 3.8) is 0 Å². The highest BCUT2D eigenvalue weighted by Crippen LogP contribution is 2.21. The molecule has 4 nitrogen and oxygen atoms in total. The van der Waals surface area contributed by atoms with Crippen LogP contribution in [0.5, 0.6) is 0 Å². The van der Waals surface area contributed by atoms with Crippen LogP contribution in [0.2, 0.25) is 0 Å². The molecule has 0 heterocycles. The van der Waals surface area contributed by atoms with Crippen molar-refractivity contribution in [2.45, 2.75) is 24.3 Å². The van der Waals surface area contributed by atoms with Crippen LogP contribution in [0.1, 0.15) is 13.3 Å². The average molecular weight is 274 g/mol. The molecule has 1 rings (SSSR count). The van der Waals surface area contributed by atoms with Gasteiger partial charge in [0.15, 0.2) is 0 Å². The number of nitrogens with two attached hydrogens (primary N) is 1. The number of nitrogens with one attached hydrogen (secondary N) is 1. The van der Waals surface area contributed by atoms with Gasteiger partial charge in [0.05, 0.1) is 5.69 Å². The summed E-state index contributed by atoms with van der Waals surface area (Å²) in [7, 11) is -3.67. The number of rotatable bonds is 6. The van der Waals surface area contributed by atoms with Gasteiger partial charge in [0.1, 0.15) is 4.90 Å². The van der Waals surface area contributed by atoms with Crippen molar-refractivity contribution in [1.29, 1.82) is 0 Å². The highest BCUT2D eigenvalue weighted by atomic mass is 32.2. The second-order valence-electron chi connectivity index (χ2n) is 3.75. The summed E-state index contributed by atoms with van der Waals surface area (Å²) in [5.74, 6) is 0.926. The number of sulfonamides is 1. The summed E-state index contributed by atoms with van der Waals surface area (Å²) in [6, 6.07) is 6.96. The van der Waals surface area contributed by atoms with Gasteiger partial charge in [-0.3, -0.25) is 0 Å². The fraction of sp³-hybridized carbons (Fsp3) is 0.455. The molecule has 6 heteroatoms. The summed E-state index contributed by atoms with van der Waals surface area (Å²) in [5.41, 5.74) is 0.580. The quantitative estimate of drug-likeness (QED) is 0.831. The minimum absolute atomic E-state index is 0.152. The first-order valence-electron chi connectivity index (χ1n) is 5.36. The number of hydrogen-bond acceptors (Lipinski definition) is 4. The van der Waals surface area contributed by atoms with Crippen molar-refractivity contribution >= 4 is 27.5 Å². The minimum Gasteiger partial charge on any atom is -0.380 e. The third-order valence-corrected chi connectivity index (χ3v) is 4.12.